The van der Waals surface area contributed by atoms with Gasteiger partial charge in [0.05, 0.1) is 12.7 Å². The summed E-state index contributed by atoms with van der Waals surface area (Å²) in [6, 6.07) is 0. The summed E-state index contributed by atoms with van der Waals surface area (Å²) >= 11 is 0. The first-order valence-corrected chi connectivity index (χ1v) is 6.77. The van der Waals surface area contributed by atoms with Crippen LogP contribution in [0.1, 0.15) is 33.1 Å². The molecule has 0 aromatic carbocycles. The molecule has 18 heavy (non-hydrogen) atoms. The highest BCUT2D eigenvalue weighted by Crippen LogP contribution is 2.19. The van der Waals surface area contributed by atoms with Crippen LogP contribution in [0.5, 0.6) is 0 Å². The number of ether oxygens (including phenoxy) is 1. The normalized spacial score (nSPS) is 20.3. The molecule has 0 spiro atoms. The van der Waals surface area contributed by atoms with Gasteiger partial charge < -0.3 is 15.2 Å². The van der Waals surface area contributed by atoms with Gasteiger partial charge in [-0.15, -0.1) is 0 Å². The second-order valence-corrected chi connectivity index (χ2v) is 5.36. The van der Waals surface area contributed by atoms with Crippen molar-refractivity contribution in [3.63, 3.8) is 0 Å². The van der Waals surface area contributed by atoms with Crippen LogP contribution in [-0.4, -0.2) is 36.9 Å². The molecular formula is C14H25NO3. The molecule has 0 bridgehead atoms. The number of amides is 1. The number of aliphatic hydroxyl groups is 1. The predicted molar refractivity (Wildman–Crippen MR) is 71.2 cm³/mol. The third-order valence-corrected chi connectivity index (χ3v) is 2.86. The lowest BCUT2D eigenvalue weighted by Crippen LogP contribution is -2.35. The van der Waals surface area contributed by atoms with E-state index in [1.807, 2.05) is 0 Å². The zero-order valence-electron chi connectivity index (χ0n) is 11.4. The van der Waals surface area contributed by atoms with E-state index in [4.69, 9.17) is 4.74 Å². The highest BCUT2D eigenvalue weighted by molar-refractivity contribution is 5.76. The van der Waals surface area contributed by atoms with Gasteiger partial charge in [-0.1, -0.05) is 26.0 Å². The maximum atomic E-state index is 11.6. The van der Waals surface area contributed by atoms with Crippen LogP contribution in [0.2, 0.25) is 0 Å². The Balaban J connectivity index is 2.04. The molecule has 2 atom stereocenters. The summed E-state index contributed by atoms with van der Waals surface area (Å²) in [7, 11) is 0. The van der Waals surface area contributed by atoms with Crippen molar-refractivity contribution in [3.8, 4) is 0 Å². The largest absolute Gasteiger partial charge is 0.389 e. The number of aliphatic hydroxyl groups excluding tert-OH is 1. The maximum Gasteiger partial charge on any atom is 0.220 e. The number of carbonyl (C=O) groups excluding carboxylic acids is 1. The fourth-order valence-corrected chi connectivity index (χ4v) is 1.91. The molecule has 1 rings (SSSR count). The molecule has 2 N–H and O–H groups in total. The molecule has 0 fully saturated rings. The molecule has 0 aromatic rings. The van der Waals surface area contributed by atoms with Crippen molar-refractivity contribution >= 4 is 5.91 Å². The van der Waals surface area contributed by atoms with Crippen molar-refractivity contribution in [3.05, 3.63) is 12.2 Å². The Hall–Kier alpha value is -0.870. The van der Waals surface area contributed by atoms with Gasteiger partial charge in [0.2, 0.25) is 5.91 Å². The molecule has 1 aliphatic carbocycles. The summed E-state index contributed by atoms with van der Waals surface area (Å²) in [5.74, 6) is 0.842. The monoisotopic (exact) mass is 255 g/mol. The van der Waals surface area contributed by atoms with E-state index in [1.54, 1.807) is 0 Å². The summed E-state index contributed by atoms with van der Waals surface area (Å²) in [5.41, 5.74) is 0. The van der Waals surface area contributed by atoms with Crippen LogP contribution in [0, 0.1) is 11.8 Å². The number of hydrogen-bond donors (Lipinski definition) is 2. The van der Waals surface area contributed by atoms with E-state index in [-0.39, 0.29) is 19.1 Å². The number of carbonyl (C=O) groups is 1. The molecule has 0 heterocycles. The van der Waals surface area contributed by atoms with Gasteiger partial charge in [-0.3, -0.25) is 4.79 Å². The van der Waals surface area contributed by atoms with E-state index in [0.29, 0.717) is 24.9 Å². The van der Waals surface area contributed by atoms with E-state index in [2.05, 4.69) is 31.3 Å². The van der Waals surface area contributed by atoms with Gasteiger partial charge in [-0.2, -0.15) is 0 Å². The average Bonchev–Trinajstić information content (AvgIpc) is 2.78. The van der Waals surface area contributed by atoms with Gasteiger partial charge in [-0.25, -0.2) is 0 Å². The first-order chi connectivity index (χ1) is 8.58. The summed E-state index contributed by atoms with van der Waals surface area (Å²) in [6.45, 7) is 5.31. The molecule has 2 unspecified atom stereocenters. The Morgan fingerprint density at radius 2 is 2.28 bits per heavy atom. The summed E-state index contributed by atoms with van der Waals surface area (Å²) in [6.07, 6.45) is 6.26. The molecule has 0 saturated heterocycles. The van der Waals surface area contributed by atoms with Crippen LogP contribution in [0.15, 0.2) is 12.2 Å². The highest BCUT2D eigenvalue weighted by Gasteiger charge is 2.14. The van der Waals surface area contributed by atoms with Crippen molar-refractivity contribution < 1.29 is 14.6 Å². The van der Waals surface area contributed by atoms with Gasteiger partial charge in [-0.05, 0) is 24.7 Å². The van der Waals surface area contributed by atoms with Gasteiger partial charge in [0.25, 0.3) is 0 Å². The van der Waals surface area contributed by atoms with Crippen LogP contribution in [-0.2, 0) is 9.53 Å². The van der Waals surface area contributed by atoms with E-state index >= 15 is 0 Å². The fourth-order valence-electron chi connectivity index (χ4n) is 1.91. The van der Waals surface area contributed by atoms with E-state index in [1.165, 1.54) is 0 Å². The smallest absolute Gasteiger partial charge is 0.220 e. The maximum absolute atomic E-state index is 11.6. The molecule has 1 aliphatic rings. The zero-order valence-corrected chi connectivity index (χ0v) is 11.4. The van der Waals surface area contributed by atoms with Crippen molar-refractivity contribution in [2.24, 2.45) is 11.8 Å². The van der Waals surface area contributed by atoms with Gasteiger partial charge in [0.1, 0.15) is 0 Å². The number of nitrogens with one attached hydrogen (secondary N) is 1. The lowest BCUT2D eigenvalue weighted by Gasteiger charge is -2.14. The van der Waals surface area contributed by atoms with E-state index < -0.39 is 6.10 Å². The summed E-state index contributed by atoms with van der Waals surface area (Å²) in [5, 5.41) is 12.4. The quantitative estimate of drug-likeness (QED) is 0.646. The third kappa shape index (κ3) is 6.77. The van der Waals surface area contributed by atoms with Crippen LogP contribution >= 0.6 is 0 Å². The molecule has 104 valence electrons. The topological polar surface area (TPSA) is 58.6 Å². The van der Waals surface area contributed by atoms with Gasteiger partial charge in [0.15, 0.2) is 0 Å². The molecule has 4 nitrogen and oxygen atoms in total. The molecular weight excluding hydrogens is 230 g/mol. The lowest BCUT2D eigenvalue weighted by atomic mass is 10.1. The minimum Gasteiger partial charge on any atom is -0.389 e. The van der Waals surface area contributed by atoms with Crippen LogP contribution in [0.3, 0.4) is 0 Å². The molecule has 0 aliphatic heterocycles. The van der Waals surface area contributed by atoms with E-state index in [0.717, 1.165) is 12.8 Å². The Morgan fingerprint density at radius 3 is 2.89 bits per heavy atom. The summed E-state index contributed by atoms with van der Waals surface area (Å²) < 4.78 is 5.31. The SMILES string of the molecule is CC(C)COCC(O)CNC(=O)CC1C=CCC1. The predicted octanol–water partition coefficient (Wildman–Crippen LogP) is 1.49. The second kappa shape index (κ2) is 8.27. The highest BCUT2D eigenvalue weighted by atomic mass is 16.5. The van der Waals surface area contributed by atoms with Crippen molar-refractivity contribution in [1.29, 1.82) is 0 Å². The Bertz CT molecular complexity index is 276. The molecule has 0 aromatic heterocycles. The average molecular weight is 255 g/mol. The standard InChI is InChI=1S/C14H25NO3/c1-11(2)9-18-10-13(16)8-15-14(17)7-12-5-3-4-6-12/h3,5,11-13,16H,4,6-10H2,1-2H3,(H,15,17). The minimum absolute atomic E-state index is 0.00876. The minimum atomic E-state index is -0.619. The van der Waals surface area contributed by atoms with Crippen LogP contribution < -0.4 is 5.32 Å². The first-order valence-electron chi connectivity index (χ1n) is 6.77. The Morgan fingerprint density at radius 1 is 1.50 bits per heavy atom. The third-order valence-electron chi connectivity index (χ3n) is 2.86. The molecule has 0 radical (unpaired) electrons. The van der Waals surface area contributed by atoms with Gasteiger partial charge >= 0.3 is 0 Å². The van der Waals surface area contributed by atoms with Crippen molar-refractivity contribution in [2.75, 3.05) is 19.8 Å². The number of allylic oxidation sites excluding steroid dienone is 2. The van der Waals surface area contributed by atoms with E-state index in [9.17, 15) is 9.90 Å². The lowest BCUT2D eigenvalue weighted by molar-refractivity contribution is -0.122. The zero-order chi connectivity index (χ0) is 13.4. The Labute approximate surface area is 109 Å². The van der Waals surface area contributed by atoms with Crippen LogP contribution in [0.4, 0.5) is 0 Å². The number of hydrogen-bond acceptors (Lipinski definition) is 3. The molecule has 0 saturated carbocycles. The second-order valence-electron chi connectivity index (χ2n) is 5.36. The van der Waals surface area contributed by atoms with Crippen molar-refractivity contribution in [1.82, 2.24) is 5.32 Å². The first kappa shape index (κ1) is 15.2. The summed E-state index contributed by atoms with van der Waals surface area (Å²) in [4.78, 5) is 11.6. The van der Waals surface area contributed by atoms with Crippen molar-refractivity contribution in [2.45, 2.75) is 39.2 Å². The molecule has 4 heteroatoms. The Kier molecular flexibility index (Phi) is 6.98. The number of rotatable bonds is 8. The fraction of sp³-hybridized carbons (Fsp3) is 0.786. The molecule has 1 amide bonds. The van der Waals surface area contributed by atoms with Gasteiger partial charge in [0, 0.05) is 19.6 Å². The van der Waals surface area contributed by atoms with Crippen LogP contribution in [0.25, 0.3) is 0 Å².